The number of methoxy groups -OCH3 is 1. The zero-order chi connectivity index (χ0) is 18.4. The molecule has 0 radical (unpaired) electrons. The molecule has 1 amide bonds. The second-order valence-corrected chi connectivity index (χ2v) is 6.84. The summed E-state index contributed by atoms with van der Waals surface area (Å²) in [7, 11) is 3.44. The molecule has 132 valence electrons. The second-order valence-electron chi connectivity index (χ2n) is 5.78. The van der Waals surface area contributed by atoms with Crippen LogP contribution < -0.4 is 4.74 Å². The number of ether oxygens (including phenoxy) is 1. The van der Waals surface area contributed by atoms with E-state index in [0.29, 0.717) is 17.1 Å². The first-order valence-electron chi connectivity index (χ1n) is 8.23. The molecule has 0 aliphatic rings. The maximum atomic E-state index is 12.9. The minimum absolute atomic E-state index is 0.0488. The van der Waals surface area contributed by atoms with Gasteiger partial charge in [-0.1, -0.05) is 42.1 Å². The average molecular weight is 364 g/mol. The van der Waals surface area contributed by atoms with Gasteiger partial charge < -0.3 is 9.64 Å². The summed E-state index contributed by atoms with van der Waals surface area (Å²) in [5.74, 6) is 0.754. The van der Waals surface area contributed by atoms with Crippen molar-refractivity contribution in [2.45, 2.75) is 16.5 Å². The van der Waals surface area contributed by atoms with E-state index in [1.807, 2.05) is 60.7 Å². The number of hydrogen-bond acceptors (Lipinski definition) is 4. The van der Waals surface area contributed by atoms with Crippen LogP contribution in [0.3, 0.4) is 0 Å². The van der Waals surface area contributed by atoms with E-state index in [1.54, 1.807) is 31.3 Å². The molecule has 5 heteroatoms. The molecule has 4 nitrogen and oxygen atoms in total. The zero-order valence-corrected chi connectivity index (χ0v) is 15.6. The monoisotopic (exact) mass is 364 g/mol. The first kappa shape index (κ1) is 18.0. The highest BCUT2D eigenvalue weighted by Crippen LogP contribution is 2.29. The lowest BCUT2D eigenvalue weighted by atomic mass is 10.2. The van der Waals surface area contributed by atoms with E-state index < -0.39 is 0 Å². The van der Waals surface area contributed by atoms with Gasteiger partial charge >= 0.3 is 0 Å². The summed E-state index contributed by atoms with van der Waals surface area (Å²) >= 11 is 1.50. The topological polar surface area (TPSA) is 42.4 Å². The minimum atomic E-state index is -0.0488. The fourth-order valence-electron chi connectivity index (χ4n) is 2.52. The SMILES string of the molecule is COc1ccc(CN(C)C(=O)c2cccnc2Sc2ccccc2)cc1. The molecule has 0 atom stereocenters. The van der Waals surface area contributed by atoms with Gasteiger partial charge in [-0.25, -0.2) is 4.98 Å². The smallest absolute Gasteiger partial charge is 0.256 e. The van der Waals surface area contributed by atoms with Crippen LogP contribution in [-0.4, -0.2) is 29.9 Å². The van der Waals surface area contributed by atoms with E-state index in [0.717, 1.165) is 16.2 Å². The predicted octanol–water partition coefficient (Wildman–Crippen LogP) is 4.51. The Morgan fingerprint density at radius 2 is 1.77 bits per heavy atom. The van der Waals surface area contributed by atoms with Crippen LogP contribution in [0.4, 0.5) is 0 Å². The van der Waals surface area contributed by atoms with Crippen molar-refractivity contribution in [1.82, 2.24) is 9.88 Å². The molecule has 0 saturated carbocycles. The lowest BCUT2D eigenvalue weighted by Crippen LogP contribution is -2.26. The van der Waals surface area contributed by atoms with Gasteiger partial charge in [-0.05, 0) is 42.0 Å². The number of rotatable bonds is 6. The summed E-state index contributed by atoms with van der Waals surface area (Å²) in [6.45, 7) is 0.521. The van der Waals surface area contributed by atoms with Crippen LogP contribution in [0.1, 0.15) is 15.9 Å². The molecule has 0 aliphatic heterocycles. The van der Waals surface area contributed by atoms with Crippen LogP contribution >= 0.6 is 11.8 Å². The van der Waals surface area contributed by atoms with E-state index >= 15 is 0 Å². The van der Waals surface area contributed by atoms with Crippen LogP contribution in [0.2, 0.25) is 0 Å². The third-order valence-corrected chi connectivity index (χ3v) is 4.91. The Hall–Kier alpha value is -2.79. The quantitative estimate of drug-likeness (QED) is 0.645. The molecule has 0 fully saturated rings. The summed E-state index contributed by atoms with van der Waals surface area (Å²) in [6.07, 6.45) is 1.71. The van der Waals surface area contributed by atoms with Crippen molar-refractivity contribution < 1.29 is 9.53 Å². The van der Waals surface area contributed by atoms with Crippen LogP contribution in [0.15, 0.2) is 82.8 Å². The summed E-state index contributed by atoms with van der Waals surface area (Å²) < 4.78 is 5.17. The number of nitrogens with zero attached hydrogens (tertiary/aromatic N) is 2. The van der Waals surface area contributed by atoms with Gasteiger partial charge in [0.2, 0.25) is 0 Å². The van der Waals surface area contributed by atoms with Gasteiger partial charge in [0.05, 0.1) is 12.7 Å². The fraction of sp³-hybridized carbons (Fsp3) is 0.143. The number of carbonyl (C=O) groups excluding carboxylic acids is 1. The van der Waals surface area contributed by atoms with E-state index in [4.69, 9.17) is 4.74 Å². The summed E-state index contributed by atoms with van der Waals surface area (Å²) in [5, 5.41) is 0.713. The molecule has 3 aromatic rings. The Balaban J connectivity index is 1.76. The molecule has 0 aliphatic carbocycles. The van der Waals surface area contributed by atoms with Crippen molar-refractivity contribution in [2.24, 2.45) is 0 Å². The maximum absolute atomic E-state index is 12.9. The normalized spacial score (nSPS) is 10.4. The number of benzene rings is 2. The first-order chi connectivity index (χ1) is 12.7. The van der Waals surface area contributed by atoms with Crippen LogP contribution in [0.25, 0.3) is 0 Å². The predicted molar refractivity (Wildman–Crippen MR) is 104 cm³/mol. The van der Waals surface area contributed by atoms with E-state index in [9.17, 15) is 4.79 Å². The van der Waals surface area contributed by atoms with Crippen LogP contribution in [0.5, 0.6) is 5.75 Å². The largest absolute Gasteiger partial charge is 0.497 e. The second kappa shape index (κ2) is 8.54. The van der Waals surface area contributed by atoms with Gasteiger partial charge in [0.1, 0.15) is 10.8 Å². The van der Waals surface area contributed by atoms with Crippen molar-refractivity contribution in [2.75, 3.05) is 14.2 Å². The highest BCUT2D eigenvalue weighted by atomic mass is 32.2. The number of amides is 1. The summed E-state index contributed by atoms with van der Waals surface area (Å²) in [5.41, 5.74) is 1.65. The van der Waals surface area contributed by atoms with Crippen molar-refractivity contribution in [3.8, 4) is 5.75 Å². The molecular formula is C21H20N2O2S. The Morgan fingerprint density at radius 3 is 2.46 bits per heavy atom. The number of carbonyl (C=O) groups is 1. The highest BCUT2D eigenvalue weighted by molar-refractivity contribution is 7.99. The van der Waals surface area contributed by atoms with Gasteiger partial charge in [-0.15, -0.1) is 0 Å². The molecule has 1 heterocycles. The first-order valence-corrected chi connectivity index (χ1v) is 9.05. The van der Waals surface area contributed by atoms with Gasteiger partial charge in [0.25, 0.3) is 5.91 Å². The molecule has 26 heavy (non-hydrogen) atoms. The van der Waals surface area contributed by atoms with Crippen molar-refractivity contribution in [3.05, 3.63) is 84.1 Å². The van der Waals surface area contributed by atoms with Gasteiger partial charge in [-0.3, -0.25) is 4.79 Å². The molecule has 0 saturated heterocycles. The Labute approximate surface area is 157 Å². The van der Waals surface area contributed by atoms with Gasteiger partial charge in [-0.2, -0.15) is 0 Å². The molecule has 0 bridgehead atoms. The third kappa shape index (κ3) is 4.43. The zero-order valence-electron chi connectivity index (χ0n) is 14.8. The Bertz CT molecular complexity index is 867. The van der Waals surface area contributed by atoms with E-state index in [1.165, 1.54) is 11.8 Å². The highest BCUT2D eigenvalue weighted by Gasteiger charge is 2.17. The molecule has 3 rings (SSSR count). The van der Waals surface area contributed by atoms with Gasteiger partial charge in [0.15, 0.2) is 0 Å². The third-order valence-electron chi connectivity index (χ3n) is 3.88. The molecule has 1 aromatic heterocycles. The molecule has 0 unspecified atom stereocenters. The minimum Gasteiger partial charge on any atom is -0.497 e. The average Bonchev–Trinajstić information content (AvgIpc) is 2.69. The Morgan fingerprint density at radius 1 is 1.04 bits per heavy atom. The Kier molecular flexibility index (Phi) is 5.92. The van der Waals surface area contributed by atoms with Crippen molar-refractivity contribution >= 4 is 17.7 Å². The van der Waals surface area contributed by atoms with E-state index in [-0.39, 0.29) is 5.91 Å². The summed E-state index contributed by atoms with van der Waals surface area (Å²) in [4.78, 5) is 20.1. The summed E-state index contributed by atoms with van der Waals surface area (Å²) in [6, 6.07) is 21.3. The number of pyridine rings is 1. The number of hydrogen-bond donors (Lipinski definition) is 0. The molecule has 0 spiro atoms. The molecule has 0 N–H and O–H groups in total. The molecule has 2 aromatic carbocycles. The van der Waals surface area contributed by atoms with Crippen LogP contribution in [0, 0.1) is 0 Å². The lowest BCUT2D eigenvalue weighted by Gasteiger charge is -2.19. The van der Waals surface area contributed by atoms with Crippen LogP contribution in [-0.2, 0) is 6.54 Å². The molecular weight excluding hydrogens is 344 g/mol. The van der Waals surface area contributed by atoms with Gasteiger partial charge in [0, 0.05) is 24.7 Å². The van der Waals surface area contributed by atoms with Crippen molar-refractivity contribution in [1.29, 1.82) is 0 Å². The standard InChI is InChI=1S/C21H20N2O2S/c1-23(15-16-10-12-17(25-2)13-11-16)21(24)19-9-6-14-22-20(19)26-18-7-4-3-5-8-18/h3-14H,15H2,1-2H3. The maximum Gasteiger partial charge on any atom is 0.256 e. The van der Waals surface area contributed by atoms with Crippen molar-refractivity contribution in [3.63, 3.8) is 0 Å². The van der Waals surface area contributed by atoms with E-state index in [2.05, 4.69) is 4.98 Å². The number of aromatic nitrogens is 1. The lowest BCUT2D eigenvalue weighted by molar-refractivity contribution is 0.0781. The fourth-order valence-corrected chi connectivity index (χ4v) is 3.41.